The van der Waals surface area contributed by atoms with Gasteiger partial charge in [-0.2, -0.15) is 0 Å². The summed E-state index contributed by atoms with van der Waals surface area (Å²) >= 11 is 1.22. The SMILES string of the molecule is COc1ccc(CN(C(=O)CSc2nc(C)cc(C)n2)[C@H](C(=O)Nc2ccc3c(c2)OCO3)c2ccc3c(c2)OCO3)cc1. The Labute approximate surface area is 258 Å². The third-order valence-corrected chi connectivity index (χ3v) is 7.86. The second-order valence-electron chi connectivity index (χ2n) is 10.2. The maximum Gasteiger partial charge on any atom is 0.251 e. The molecule has 3 aromatic carbocycles. The van der Waals surface area contributed by atoms with Gasteiger partial charge in [-0.3, -0.25) is 9.59 Å². The number of carbonyl (C=O) groups excluding carboxylic acids is 2. The van der Waals surface area contributed by atoms with Crippen LogP contribution in [0.5, 0.6) is 28.7 Å². The Bertz CT molecular complexity index is 1680. The molecular weight excluding hydrogens is 584 g/mol. The fourth-order valence-corrected chi connectivity index (χ4v) is 5.79. The molecular formula is C32H30N4O7S. The van der Waals surface area contributed by atoms with E-state index in [0.717, 1.165) is 17.0 Å². The van der Waals surface area contributed by atoms with E-state index in [2.05, 4.69) is 15.3 Å². The van der Waals surface area contributed by atoms with Crippen LogP contribution in [0.2, 0.25) is 0 Å². The van der Waals surface area contributed by atoms with Crippen molar-refractivity contribution in [1.82, 2.24) is 14.9 Å². The number of ether oxygens (including phenoxy) is 5. The highest BCUT2D eigenvalue weighted by Crippen LogP contribution is 2.38. The van der Waals surface area contributed by atoms with E-state index in [1.54, 1.807) is 48.4 Å². The van der Waals surface area contributed by atoms with E-state index in [4.69, 9.17) is 23.7 Å². The molecule has 0 bridgehead atoms. The Kier molecular flexibility index (Phi) is 8.42. The average Bonchev–Trinajstić information content (AvgIpc) is 3.68. The van der Waals surface area contributed by atoms with Crippen LogP contribution in [0.15, 0.2) is 71.9 Å². The third-order valence-electron chi connectivity index (χ3n) is 7.03. The fraction of sp³-hybridized carbons (Fsp3) is 0.250. The van der Waals surface area contributed by atoms with Crippen molar-refractivity contribution >= 4 is 29.3 Å². The Morgan fingerprint density at radius 2 is 1.50 bits per heavy atom. The first-order valence-corrected chi connectivity index (χ1v) is 14.8. The van der Waals surface area contributed by atoms with Gasteiger partial charge in [-0.25, -0.2) is 9.97 Å². The molecule has 226 valence electrons. The number of thioether (sulfide) groups is 1. The summed E-state index contributed by atoms with van der Waals surface area (Å²) in [7, 11) is 1.59. The molecule has 2 amide bonds. The molecule has 0 unspecified atom stereocenters. The van der Waals surface area contributed by atoms with Crippen molar-refractivity contribution in [3.8, 4) is 28.7 Å². The number of hydrogen-bond acceptors (Lipinski definition) is 10. The molecule has 6 rings (SSSR count). The first-order valence-electron chi connectivity index (χ1n) is 13.8. The number of benzene rings is 3. The van der Waals surface area contributed by atoms with E-state index in [-0.39, 0.29) is 31.8 Å². The van der Waals surface area contributed by atoms with Crippen molar-refractivity contribution in [2.24, 2.45) is 0 Å². The summed E-state index contributed by atoms with van der Waals surface area (Å²) in [5.41, 5.74) is 3.49. The number of rotatable bonds is 10. The van der Waals surface area contributed by atoms with Crippen LogP contribution in [0.25, 0.3) is 0 Å². The Morgan fingerprint density at radius 1 is 0.864 bits per heavy atom. The van der Waals surface area contributed by atoms with Gasteiger partial charge in [-0.1, -0.05) is 30.0 Å². The summed E-state index contributed by atoms with van der Waals surface area (Å²) in [5, 5.41) is 3.46. The van der Waals surface area contributed by atoms with Crippen LogP contribution >= 0.6 is 11.8 Å². The molecule has 12 heteroatoms. The number of nitrogens with one attached hydrogen (secondary N) is 1. The van der Waals surface area contributed by atoms with Gasteiger partial charge in [0.05, 0.1) is 12.9 Å². The van der Waals surface area contributed by atoms with Crippen LogP contribution in [0, 0.1) is 13.8 Å². The lowest BCUT2D eigenvalue weighted by Crippen LogP contribution is -2.41. The minimum Gasteiger partial charge on any atom is -0.497 e. The van der Waals surface area contributed by atoms with Crippen LogP contribution in [0.1, 0.15) is 28.6 Å². The van der Waals surface area contributed by atoms with Crippen molar-refractivity contribution in [1.29, 1.82) is 0 Å². The number of anilines is 1. The minimum absolute atomic E-state index is 0.0113. The maximum atomic E-state index is 14.2. The number of aryl methyl sites for hydroxylation is 2. The lowest BCUT2D eigenvalue weighted by atomic mass is 10.0. The van der Waals surface area contributed by atoms with Crippen molar-refractivity contribution in [2.45, 2.75) is 31.6 Å². The summed E-state index contributed by atoms with van der Waals surface area (Å²) in [4.78, 5) is 38.8. The second-order valence-corrected chi connectivity index (χ2v) is 11.1. The fourth-order valence-electron chi connectivity index (χ4n) is 4.96. The second kappa shape index (κ2) is 12.7. The number of hydrogen-bond donors (Lipinski definition) is 1. The third kappa shape index (κ3) is 6.50. The zero-order valence-corrected chi connectivity index (χ0v) is 25.2. The summed E-state index contributed by atoms with van der Waals surface area (Å²) < 4.78 is 27.4. The summed E-state index contributed by atoms with van der Waals surface area (Å²) in [6.45, 7) is 4.09. The number of fused-ring (bicyclic) bond motifs is 2. The first-order chi connectivity index (χ1) is 21.4. The zero-order valence-electron chi connectivity index (χ0n) is 24.4. The average molecular weight is 615 g/mol. The summed E-state index contributed by atoms with van der Waals surface area (Å²) in [6.07, 6.45) is 0. The lowest BCUT2D eigenvalue weighted by molar-refractivity contribution is -0.137. The highest BCUT2D eigenvalue weighted by atomic mass is 32.2. The molecule has 0 spiro atoms. The normalized spacial score (nSPS) is 13.3. The van der Waals surface area contributed by atoms with E-state index in [9.17, 15) is 9.59 Å². The summed E-state index contributed by atoms with van der Waals surface area (Å²) in [5.74, 6) is 2.18. The predicted molar refractivity (Wildman–Crippen MR) is 162 cm³/mol. The molecule has 2 aliphatic rings. The molecule has 3 heterocycles. The molecule has 0 radical (unpaired) electrons. The van der Waals surface area contributed by atoms with Gasteiger partial charge in [0, 0.05) is 29.7 Å². The quantitative estimate of drug-likeness (QED) is 0.192. The van der Waals surface area contributed by atoms with Gasteiger partial charge in [-0.05, 0) is 67.4 Å². The highest BCUT2D eigenvalue weighted by Gasteiger charge is 2.33. The first kappa shape index (κ1) is 29.1. The topological polar surface area (TPSA) is 121 Å². The van der Waals surface area contributed by atoms with Crippen LogP contribution in [0.3, 0.4) is 0 Å². The zero-order chi connectivity index (χ0) is 30.6. The van der Waals surface area contributed by atoms with Gasteiger partial charge < -0.3 is 33.9 Å². The van der Waals surface area contributed by atoms with Crippen molar-refractivity contribution in [3.63, 3.8) is 0 Å². The van der Waals surface area contributed by atoms with Crippen molar-refractivity contribution < 1.29 is 33.3 Å². The monoisotopic (exact) mass is 614 g/mol. The van der Waals surface area contributed by atoms with Crippen LogP contribution in [-0.2, 0) is 16.1 Å². The molecule has 1 N–H and O–H groups in total. The van der Waals surface area contributed by atoms with E-state index >= 15 is 0 Å². The van der Waals surface area contributed by atoms with Gasteiger partial charge in [0.15, 0.2) is 28.2 Å². The Balaban J connectivity index is 1.36. The van der Waals surface area contributed by atoms with Crippen LogP contribution in [0.4, 0.5) is 5.69 Å². The molecule has 0 saturated carbocycles. The van der Waals surface area contributed by atoms with Gasteiger partial charge in [0.25, 0.3) is 5.91 Å². The number of aromatic nitrogens is 2. The Morgan fingerprint density at radius 3 is 2.18 bits per heavy atom. The van der Waals surface area contributed by atoms with Gasteiger partial charge in [-0.15, -0.1) is 0 Å². The van der Waals surface area contributed by atoms with Crippen molar-refractivity contribution in [3.05, 3.63) is 89.2 Å². The molecule has 0 saturated heterocycles. The van der Waals surface area contributed by atoms with E-state index in [0.29, 0.717) is 45.2 Å². The largest absolute Gasteiger partial charge is 0.497 e. The number of amides is 2. The van der Waals surface area contributed by atoms with Crippen LogP contribution in [-0.4, -0.2) is 53.1 Å². The van der Waals surface area contributed by atoms with Crippen molar-refractivity contribution in [2.75, 3.05) is 31.8 Å². The molecule has 2 aliphatic heterocycles. The van der Waals surface area contributed by atoms with Gasteiger partial charge in [0.1, 0.15) is 11.8 Å². The lowest BCUT2D eigenvalue weighted by Gasteiger charge is -2.31. The smallest absolute Gasteiger partial charge is 0.251 e. The van der Waals surface area contributed by atoms with E-state index < -0.39 is 11.9 Å². The molecule has 0 fully saturated rings. The van der Waals surface area contributed by atoms with E-state index in [1.165, 1.54) is 11.8 Å². The number of nitrogens with zero attached hydrogens (tertiary/aromatic N) is 3. The van der Waals surface area contributed by atoms with Crippen LogP contribution < -0.4 is 29.0 Å². The molecule has 1 aromatic heterocycles. The Hall–Kier alpha value is -4.97. The standard InChI is InChI=1S/C32H30N4O7S/c1-19-12-20(2)34-32(33-19)44-16-29(37)36(15-21-4-8-24(39-3)9-5-21)30(22-6-10-25-27(13-22)42-17-40-25)31(38)35-23-7-11-26-28(14-23)43-18-41-26/h4-14,30H,15-18H2,1-3H3,(H,35,38)/t30-/m0/s1. The van der Waals surface area contributed by atoms with E-state index in [1.807, 2.05) is 44.2 Å². The number of methoxy groups -OCH3 is 1. The molecule has 4 aromatic rings. The molecule has 44 heavy (non-hydrogen) atoms. The predicted octanol–water partition coefficient (Wildman–Crippen LogP) is 5.06. The van der Waals surface area contributed by atoms with Gasteiger partial charge >= 0.3 is 0 Å². The molecule has 0 aliphatic carbocycles. The minimum atomic E-state index is -1.04. The molecule has 1 atom stereocenters. The maximum absolute atomic E-state index is 14.2. The molecule has 11 nitrogen and oxygen atoms in total. The number of carbonyl (C=O) groups is 2. The summed E-state index contributed by atoms with van der Waals surface area (Å²) in [6, 6.07) is 18.6. The van der Waals surface area contributed by atoms with Gasteiger partial charge in [0.2, 0.25) is 19.5 Å². The highest BCUT2D eigenvalue weighted by molar-refractivity contribution is 7.99.